The number of anilines is 1. The third-order valence-corrected chi connectivity index (χ3v) is 3.97. The molecule has 0 amide bonds. The minimum Gasteiger partial charge on any atom is -0.379 e. The number of nitrogens with one attached hydrogen (secondary N) is 1. The van der Waals surface area contributed by atoms with E-state index >= 15 is 0 Å². The maximum atomic E-state index is 13.4. The van der Waals surface area contributed by atoms with Gasteiger partial charge in [-0.3, -0.25) is 0 Å². The van der Waals surface area contributed by atoms with Gasteiger partial charge in [-0.15, -0.1) is 11.8 Å². The highest BCUT2D eigenvalue weighted by molar-refractivity contribution is 7.98. The number of rotatable bonds is 4. The molecule has 0 aliphatic rings. The standard InChI is InChI=1S/C15H15ClFNS/c1-10(11-3-8-14(16)15(17)9-11)18-12-4-6-13(19-2)7-5-12/h3-10,18H,1-2H3. The van der Waals surface area contributed by atoms with E-state index in [4.69, 9.17) is 11.6 Å². The molecule has 2 aromatic carbocycles. The molecule has 0 saturated carbocycles. The van der Waals surface area contributed by atoms with Crippen molar-refractivity contribution in [2.24, 2.45) is 0 Å². The predicted molar refractivity (Wildman–Crippen MR) is 81.7 cm³/mol. The third kappa shape index (κ3) is 3.64. The molecule has 4 heteroatoms. The first-order chi connectivity index (χ1) is 9.10. The normalized spacial score (nSPS) is 12.2. The van der Waals surface area contributed by atoms with Gasteiger partial charge in [0.1, 0.15) is 5.82 Å². The van der Waals surface area contributed by atoms with Crippen molar-refractivity contribution in [3.63, 3.8) is 0 Å². The largest absolute Gasteiger partial charge is 0.379 e. The number of hydrogen-bond acceptors (Lipinski definition) is 2. The molecule has 0 saturated heterocycles. The van der Waals surface area contributed by atoms with Crippen LogP contribution in [0.25, 0.3) is 0 Å². The average molecular weight is 296 g/mol. The fourth-order valence-electron chi connectivity index (χ4n) is 1.80. The fraction of sp³-hybridized carbons (Fsp3) is 0.200. The lowest BCUT2D eigenvalue weighted by atomic mass is 10.1. The summed E-state index contributed by atoms with van der Waals surface area (Å²) in [4.78, 5) is 1.22. The molecule has 0 heterocycles. The Morgan fingerprint density at radius 1 is 1.16 bits per heavy atom. The molecule has 1 unspecified atom stereocenters. The summed E-state index contributed by atoms with van der Waals surface area (Å²) in [6.07, 6.45) is 2.04. The van der Waals surface area contributed by atoms with E-state index in [1.54, 1.807) is 17.8 Å². The Labute approximate surface area is 122 Å². The second-order valence-corrected chi connectivity index (χ2v) is 5.55. The number of benzene rings is 2. The monoisotopic (exact) mass is 295 g/mol. The zero-order valence-corrected chi connectivity index (χ0v) is 12.4. The first-order valence-corrected chi connectivity index (χ1v) is 7.56. The zero-order chi connectivity index (χ0) is 13.8. The van der Waals surface area contributed by atoms with Crippen LogP contribution in [0.2, 0.25) is 5.02 Å². The van der Waals surface area contributed by atoms with Crippen molar-refractivity contribution in [1.82, 2.24) is 0 Å². The first kappa shape index (κ1) is 14.2. The summed E-state index contributed by atoms with van der Waals surface area (Å²) in [6, 6.07) is 13.1. The van der Waals surface area contributed by atoms with Gasteiger partial charge < -0.3 is 5.32 Å². The summed E-state index contributed by atoms with van der Waals surface area (Å²) in [6.45, 7) is 1.99. The molecule has 0 radical (unpaired) electrons. The van der Waals surface area contributed by atoms with Crippen molar-refractivity contribution in [2.75, 3.05) is 11.6 Å². The van der Waals surface area contributed by atoms with Crippen LogP contribution in [-0.4, -0.2) is 6.26 Å². The average Bonchev–Trinajstić information content (AvgIpc) is 2.42. The molecule has 0 fully saturated rings. The van der Waals surface area contributed by atoms with Gasteiger partial charge in [0.2, 0.25) is 0 Å². The lowest BCUT2D eigenvalue weighted by molar-refractivity contribution is 0.624. The van der Waals surface area contributed by atoms with E-state index in [-0.39, 0.29) is 16.9 Å². The second-order valence-electron chi connectivity index (χ2n) is 4.27. The van der Waals surface area contributed by atoms with Crippen molar-refractivity contribution < 1.29 is 4.39 Å². The highest BCUT2D eigenvalue weighted by Gasteiger charge is 2.08. The molecule has 0 aromatic heterocycles. The quantitative estimate of drug-likeness (QED) is 0.761. The van der Waals surface area contributed by atoms with Gasteiger partial charge in [0.25, 0.3) is 0 Å². The Bertz CT molecular complexity index is 557. The van der Waals surface area contributed by atoms with E-state index in [0.29, 0.717) is 0 Å². The van der Waals surface area contributed by atoms with Crippen molar-refractivity contribution >= 4 is 29.1 Å². The van der Waals surface area contributed by atoms with Crippen LogP contribution >= 0.6 is 23.4 Å². The van der Waals surface area contributed by atoms with Crippen LogP contribution in [0.4, 0.5) is 10.1 Å². The highest BCUT2D eigenvalue weighted by atomic mass is 35.5. The number of halogens is 2. The summed E-state index contributed by atoms with van der Waals surface area (Å²) in [5, 5.41) is 3.49. The van der Waals surface area contributed by atoms with Crippen molar-refractivity contribution in [3.05, 3.63) is 58.9 Å². The van der Waals surface area contributed by atoms with Gasteiger partial charge in [0.15, 0.2) is 0 Å². The van der Waals surface area contributed by atoms with Crippen LogP contribution in [0.5, 0.6) is 0 Å². The summed E-state index contributed by atoms with van der Waals surface area (Å²) in [5.74, 6) is -0.384. The maximum absolute atomic E-state index is 13.4. The predicted octanol–water partition coefficient (Wildman–Crippen LogP) is 5.37. The molecular formula is C15H15ClFNS. The lowest BCUT2D eigenvalue weighted by Crippen LogP contribution is -2.06. The first-order valence-electron chi connectivity index (χ1n) is 5.95. The third-order valence-electron chi connectivity index (χ3n) is 2.92. The Kier molecular flexibility index (Phi) is 4.72. The second kappa shape index (κ2) is 6.31. The maximum Gasteiger partial charge on any atom is 0.142 e. The minimum absolute atomic E-state index is 0.0203. The van der Waals surface area contributed by atoms with Crippen molar-refractivity contribution in [1.29, 1.82) is 0 Å². The molecule has 0 spiro atoms. The Morgan fingerprint density at radius 3 is 2.42 bits per heavy atom. The lowest BCUT2D eigenvalue weighted by Gasteiger charge is -2.16. The molecule has 0 bridgehead atoms. The number of thioether (sulfide) groups is 1. The van der Waals surface area contributed by atoms with Crippen LogP contribution in [0.15, 0.2) is 47.4 Å². The molecule has 0 aliphatic carbocycles. The van der Waals surface area contributed by atoms with E-state index in [1.807, 2.05) is 31.4 Å². The van der Waals surface area contributed by atoms with Gasteiger partial charge in [-0.05, 0) is 55.1 Å². The molecular weight excluding hydrogens is 281 g/mol. The zero-order valence-electron chi connectivity index (χ0n) is 10.8. The highest BCUT2D eigenvalue weighted by Crippen LogP contribution is 2.24. The van der Waals surface area contributed by atoms with Gasteiger partial charge >= 0.3 is 0 Å². The molecule has 100 valence electrons. The molecule has 1 atom stereocenters. The Hall–Kier alpha value is -1.19. The minimum atomic E-state index is -0.384. The molecule has 1 N–H and O–H groups in total. The SMILES string of the molecule is CSc1ccc(NC(C)c2ccc(Cl)c(F)c2)cc1. The van der Waals surface area contributed by atoms with Crippen molar-refractivity contribution in [3.8, 4) is 0 Å². The topological polar surface area (TPSA) is 12.0 Å². The smallest absolute Gasteiger partial charge is 0.142 e. The summed E-state index contributed by atoms with van der Waals surface area (Å²) < 4.78 is 13.4. The molecule has 2 aromatic rings. The van der Waals surface area contributed by atoms with E-state index < -0.39 is 0 Å². The molecule has 19 heavy (non-hydrogen) atoms. The molecule has 0 aliphatic heterocycles. The van der Waals surface area contributed by atoms with E-state index in [9.17, 15) is 4.39 Å². The van der Waals surface area contributed by atoms with Gasteiger partial charge in [0.05, 0.1) is 5.02 Å². The van der Waals surface area contributed by atoms with Gasteiger partial charge in [-0.25, -0.2) is 4.39 Å². The number of hydrogen-bond donors (Lipinski definition) is 1. The van der Waals surface area contributed by atoms with Gasteiger partial charge in [0, 0.05) is 16.6 Å². The Balaban J connectivity index is 2.10. The van der Waals surface area contributed by atoms with E-state index in [0.717, 1.165) is 11.3 Å². The van der Waals surface area contributed by atoms with Crippen LogP contribution in [0.3, 0.4) is 0 Å². The Morgan fingerprint density at radius 2 is 1.84 bits per heavy atom. The summed E-state index contributed by atoms with van der Waals surface area (Å²) >= 11 is 7.39. The van der Waals surface area contributed by atoms with Crippen molar-refractivity contribution in [2.45, 2.75) is 17.9 Å². The molecule has 1 nitrogen and oxygen atoms in total. The molecule has 2 rings (SSSR count). The van der Waals surface area contributed by atoms with Gasteiger partial charge in [-0.2, -0.15) is 0 Å². The van der Waals surface area contributed by atoms with Crippen LogP contribution in [-0.2, 0) is 0 Å². The van der Waals surface area contributed by atoms with E-state index in [2.05, 4.69) is 17.4 Å². The van der Waals surface area contributed by atoms with Crippen LogP contribution < -0.4 is 5.32 Å². The van der Waals surface area contributed by atoms with Gasteiger partial charge in [-0.1, -0.05) is 17.7 Å². The van der Waals surface area contributed by atoms with E-state index in [1.165, 1.54) is 11.0 Å². The summed E-state index contributed by atoms with van der Waals surface area (Å²) in [5.41, 5.74) is 1.89. The fourth-order valence-corrected chi connectivity index (χ4v) is 2.33. The van der Waals surface area contributed by atoms with Crippen LogP contribution in [0, 0.1) is 5.82 Å². The summed E-state index contributed by atoms with van der Waals surface area (Å²) in [7, 11) is 0. The van der Waals surface area contributed by atoms with Crippen LogP contribution in [0.1, 0.15) is 18.5 Å².